The first-order chi connectivity index (χ1) is 6.06. The molecule has 1 aliphatic rings. The summed E-state index contributed by atoms with van der Waals surface area (Å²) in [4.78, 5) is 0. The van der Waals surface area contributed by atoms with E-state index in [-0.39, 0.29) is 24.7 Å². The van der Waals surface area contributed by atoms with E-state index in [1.165, 1.54) is 0 Å². The molecule has 1 aliphatic heterocycles. The Kier molecular flexibility index (Phi) is 3.67. The smallest absolute Gasteiger partial charge is 0.181 e. The molecule has 1 rings (SSSR count). The minimum atomic E-state index is -0.609. The summed E-state index contributed by atoms with van der Waals surface area (Å²) in [5, 5.41) is 18.6. The molecule has 0 bridgehead atoms. The number of aliphatic hydroxyl groups excluding tert-OH is 2. The highest BCUT2D eigenvalue weighted by atomic mass is 16.7. The summed E-state index contributed by atoms with van der Waals surface area (Å²) < 4.78 is 10.6. The van der Waals surface area contributed by atoms with Gasteiger partial charge in [0.15, 0.2) is 6.29 Å². The van der Waals surface area contributed by atoms with Crippen molar-refractivity contribution in [2.45, 2.75) is 45.4 Å². The second-order valence-corrected chi connectivity index (χ2v) is 3.79. The zero-order valence-electron chi connectivity index (χ0n) is 8.30. The van der Waals surface area contributed by atoms with Crippen molar-refractivity contribution in [1.82, 2.24) is 0 Å². The third-order valence-electron chi connectivity index (χ3n) is 2.30. The normalized spacial score (nSPS) is 41.1. The van der Waals surface area contributed by atoms with Crippen molar-refractivity contribution < 1.29 is 19.7 Å². The third kappa shape index (κ3) is 2.40. The molecule has 0 radical (unpaired) electrons. The largest absolute Gasteiger partial charge is 0.391 e. The third-order valence-corrected chi connectivity index (χ3v) is 2.30. The minimum Gasteiger partial charge on any atom is -0.391 e. The van der Waals surface area contributed by atoms with Gasteiger partial charge >= 0.3 is 0 Å². The van der Waals surface area contributed by atoms with Crippen LogP contribution < -0.4 is 0 Å². The molecule has 0 amide bonds. The van der Waals surface area contributed by atoms with Crippen molar-refractivity contribution >= 4 is 0 Å². The molecule has 78 valence electrons. The van der Waals surface area contributed by atoms with Crippen LogP contribution in [0.3, 0.4) is 0 Å². The molecule has 1 heterocycles. The monoisotopic (exact) mass is 190 g/mol. The van der Waals surface area contributed by atoms with Gasteiger partial charge in [-0.1, -0.05) is 13.8 Å². The highest BCUT2D eigenvalue weighted by Gasteiger charge is 2.37. The van der Waals surface area contributed by atoms with Gasteiger partial charge in [0, 0.05) is 0 Å². The first-order valence-corrected chi connectivity index (χ1v) is 4.66. The number of aliphatic hydroxyl groups is 2. The Morgan fingerprint density at radius 3 is 2.38 bits per heavy atom. The fraction of sp³-hybridized carbons (Fsp3) is 1.00. The van der Waals surface area contributed by atoms with E-state index in [4.69, 9.17) is 14.6 Å². The minimum absolute atomic E-state index is 0.166. The first-order valence-electron chi connectivity index (χ1n) is 4.66. The van der Waals surface area contributed by atoms with Gasteiger partial charge in [-0.25, -0.2) is 0 Å². The van der Waals surface area contributed by atoms with Crippen molar-refractivity contribution in [1.29, 1.82) is 0 Å². The Labute approximate surface area is 78.5 Å². The van der Waals surface area contributed by atoms with Crippen molar-refractivity contribution in [2.75, 3.05) is 6.61 Å². The fourth-order valence-corrected chi connectivity index (χ4v) is 1.51. The summed E-state index contributed by atoms with van der Waals surface area (Å²) in [7, 11) is 0. The predicted molar refractivity (Wildman–Crippen MR) is 47.1 cm³/mol. The molecule has 4 unspecified atom stereocenters. The number of rotatable bonds is 2. The average Bonchev–Trinajstić information content (AvgIpc) is 2.09. The number of ether oxygens (including phenoxy) is 2. The molecule has 4 heteroatoms. The SMILES string of the molecule is CC(C)C1OC(CO)OC(C)C1O. The first kappa shape index (κ1) is 10.9. The van der Waals surface area contributed by atoms with Crippen LogP contribution in [0.2, 0.25) is 0 Å². The standard InChI is InChI=1S/C9H18O4/c1-5(2)9-8(11)6(3)12-7(4-10)13-9/h5-11H,4H2,1-3H3. The Balaban J connectivity index is 2.60. The van der Waals surface area contributed by atoms with Gasteiger partial charge in [0.25, 0.3) is 0 Å². The van der Waals surface area contributed by atoms with E-state index in [2.05, 4.69) is 0 Å². The van der Waals surface area contributed by atoms with Crippen LogP contribution in [-0.2, 0) is 9.47 Å². The van der Waals surface area contributed by atoms with Crippen LogP contribution in [0.25, 0.3) is 0 Å². The quantitative estimate of drug-likeness (QED) is 0.649. The molecule has 0 aliphatic carbocycles. The van der Waals surface area contributed by atoms with Gasteiger partial charge in [-0.2, -0.15) is 0 Å². The molecule has 1 fully saturated rings. The highest BCUT2D eigenvalue weighted by molar-refractivity contribution is 4.81. The predicted octanol–water partition coefficient (Wildman–Crippen LogP) is 0.126. The van der Waals surface area contributed by atoms with E-state index in [9.17, 15) is 5.11 Å². The van der Waals surface area contributed by atoms with Crippen LogP contribution in [0.1, 0.15) is 20.8 Å². The zero-order chi connectivity index (χ0) is 10.0. The molecular weight excluding hydrogens is 172 g/mol. The van der Waals surface area contributed by atoms with E-state index in [1.54, 1.807) is 6.92 Å². The van der Waals surface area contributed by atoms with E-state index >= 15 is 0 Å². The number of hydrogen-bond acceptors (Lipinski definition) is 4. The van der Waals surface area contributed by atoms with Gasteiger partial charge in [0.2, 0.25) is 0 Å². The molecule has 0 aromatic carbocycles. The van der Waals surface area contributed by atoms with E-state index < -0.39 is 12.4 Å². The molecule has 2 N–H and O–H groups in total. The molecule has 1 saturated heterocycles. The van der Waals surface area contributed by atoms with Crippen molar-refractivity contribution in [3.8, 4) is 0 Å². The van der Waals surface area contributed by atoms with Crippen LogP contribution in [0.4, 0.5) is 0 Å². The van der Waals surface area contributed by atoms with Gasteiger partial charge in [-0.15, -0.1) is 0 Å². The molecule has 0 spiro atoms. The lowest BCUT2D eigenvalue weighted by molar-refractivity contribution is -0.296. The average molecular weight is 190 g/mol. The second-order valence-electron chi connectivity index (χ2n) is 3.79. The molecule has 4 atom stereocenters. The van der Waals surface area contributed by atoms with Crippen LogP contribution in [0.5, 0.6) is 0 Å². The topological polar surface area (TPSA) is 58.9 Å². The van der Waals surface area contributed by atoms with Crippen LogP contribution in [0.15, 0.2) is 0 Å². The van der Waals surface area contributed by atoms with Gasteiger partial charge in [0.1, 0.15) is 6.10 Å². The van der Waals surface area contributed by atoms with Gasteiger partial charge in [-0.05, 0) is 12.8 Å². The van der Waals surface area contributed by atoms with Crippen LogP contribution in [0, 0.1) is 5.92 Å². The molecule has 4 nitrogen and oxygen atoms in total. The molecule has 0 saturated carbocycles. The molecule has 13 heavy (non-hydrogen) atoms. The maximum atomic E-state index is 9.69. The van der Waals surface area contributed by atoms with E-state index in [0.717, 1.165) is 0 Å². The van der Waals surface area contributed by atoms with Crippen LogP contribution >= 0.6 is 0 Å². The Morgan fingerprint density at radius 1 is 1.31 bits per heavy atom. The fourth-order valence-electron chi connectivity index (χ4n) is 1.51. The lowest BCUT2D eigenvalue weighted by Crippen LogP contribution is -2.51. The Morgan fingerprint density at radius 2 is 1.92 bits per heavy atom. The van der Waals surface area contributed by atoms with Gasteiger partial charge in [-0.3, -0.25) is 0 Å². The zero-order valence-corrected chi connectivity index (χ0v) is 8.30. The summed E-state index contributed by atoms with van der Waals surface area (Å²) >= 11 is 0. The summed E-state index contributed by atoms with van der Waals surface area (Å²) in [5.74, 6) is 0.218. The second kappa shape index (κ2) is 4.37. The van der Waals surface area contributed by atoms with E-state index in [0.29, 0.717) is 0 Å². The lowest BCUT2D eigenvalue weighted by Gasteiger charge is -2.39. The molecule has 0 aromatic rings. The van der Waals surface area contributed by atoms with E-state index in [1.807, 2.05) is 13.8 Å². The van der Waals surface area contributed by atoms with Crippen molar-refractivity contribution in [3.63, 3.8) is 0 Å². The lowest BCUT2D eigenvalue weighted by atomic mass is 9.97. The van der Waals surface area contributed by atoms with Crippen molar-refractivity contribution in [2.24, 2.45) is 5.92 Å². The molecular formula is C9H18O4. The molecule has 0 aromatic heterocycles. The highest BCUT2D eigenvalue weighted by Crippen LogP contribution is 2.23. The maximum Gasteiger partial charge on any atom is 0.181 e. The summed E-state index contributed by atoms with van der Waals surface area (Å²) in [6.45, 7) is 5.56. The summed E-state index contributed by atoms with van der Waals surface area (Å²) in [6.07, 6.45) is -1.73. The maximum absolute atomic E-state index is 9.69. The van der Waals surface area contributed by atoms with Crippen molar-refractivity contribution in [3.05, 3.63) is 0 Å². The number of hydrogen-bond donors (Lipinski definition) is 2. The van der Waals surface area contributed by atoms with Gasteiger partial charge < -0.3 is 19.7 Å². The Hall–Kier alpha value is -0.160. The Bertz CT molecular complexity index is 160. The van der Waals surface area contributed by atoms with Crippen LogP contribution in [-0.4, -0.2) is 41.4 Å². The summed E-state index contributed by atoms with van der Waals surface area (Å²) in [6, 6.07) is 0. The van der Waals surface area contributed by atoms with Gasteiger partial charge in [0.05, 0.1) is 18.8 Å². The summed E-state index contributed by atoms with van der Waals surface area (Å²) in [5.41, 5.74) is 0.